The van der Waals surface area contributed by atoms with Crippen LogP contribution in [-0.2, 0) is 5.67 Å². The number of nitrogens with zero attached hydrogens (tertiary/aromatic N) is 1. The molecular weight excluding hydrogens is 647 g/mol. The minimum Gasteiger partial charge on any atom is -0.321 e. The normalized spacial score (nSPS) is 14.1. The molecule has 1 fully saturated rings. The molecule has 42 heavy (non-hydrogen) atoms. The van der Waals surface area contributed by atoms with Gasteiger partial charge in [-0.1, -0.05) is 12.1 Å². The molecule has 3 aromatic carbocycles. The van der Waals surface area contributed by atoms with E-state index >= 15 is 4.39 Å². The summed E-state index contributed by atoms with van der Waals surface area (Å²) < 4.78 is 123. The maximum absolute atomic E-state index is 15.7. The highest BCUT2D eigenvalue weighted by atomic mass is 79.9. The number of amides is 2. The van der Waals surface area contributed by atoms with Crippen molar-refractivity contribution in [2.24, 2.45) is 5.92 Å². The van der Waals surface area contributed by atoms with Crippen LogP contribution in [0.4, 0.5) is 50.9 Å². The molecule has 0 unspecified atom stereocenters. The fourth-order valence-electron chi connectivity index (χ4n) is 4.27. The predicted octanol–water partition coefficient (Wildman–Crippen LogP) is 8.63. The molecule has 0 heterocycles. The molecule has 2 amide bonds. The van der Waals surface area contributed by atoms with E-state index in [1.54, 1.807) is 0 Å². The zero-order valence-electron chi connectivity index (χ0n) is 21.4. The van der Waals surface area contributed by atoms with Gasteiger partial charge in [-0.3, -0.25) is 9.59 Å². The molecule has 0 bridgehead atoms. The average molecular weight is 667 g/mol. The Kier molecular flexibility index (Phi) is 8.42. The van der Waals surface area contributed by atoms with Crippen molar-refractivity contribution in [3.05, 3.63) is 93.0 Å². The van der Waals surface area contributed by atoms with Gasteiger partial charge in [-0.15, -0.1) is 0 Å². The van der Waals surface area contributed by atoms with E-state index in [4.69, 9.17) is 0 Å². The summed E-state index contributed by atoms with van der Waals surface area (Å²) in [4.78, 5) is 27.4. The molecule has 14 heteroatoms. The van der Waals surface area contributed by atoms with Crippen molar-refractivity contribution in [1.29, 1.82) is 0 Å². The van der Waals surface area contributed by atoms with E-state index in [0.717, 1.165) is 42.9 Å². The number of anilines is 2. The van der Waals surface area contributed by atoms with Gasteiger partial charge in [0.2, 0.25) is 0 Å². The third kappa shape index (κ3) is 5.99. The molecule has 3 aromatic rings. The van der Waals surface area contributed by atoms with Crippen LogP contribution < -0.4 is 10.2 Å². The zero-order chi connectivity index (χ0) is 31.2. The summed E-state index contributed by atoms with van der Waals surface area (Å²) >= 11 is 2.78. The van der Waals surface area contributed by atoms with Gasteiger partial charge in [-0.25, -0.2) is 13.2 Å². The molecule has 4 rings (SSSR count). The van der Waals surface area contributed by atoms with Crippen LogP contribution in [0.1, 0.15) is 44.7 Å². The van der Waals surface area contributed by atoms with Gasteiger partial charge < -0.3 is 10.2 Å². The molecule has 0 atom stereocenters. The Morgan fingerprint density at radius 1 is 0.929 bits per heavy atom. The van der Waals surface area contributed by atoms with E-state index < -0.39 is 57.1 Å². The minimum absolute atomic E-state index is 0.0626. The second-order valence-electron chi connectivity index (χ2n) is 9.76. The zero-order valence-corrected chi connectivity index (χ0v) is 23.0. The van der Waals surface area contributed by atoms with E-state index in [-0.39, 0.29) is 47.1 Å². The number of hydrogen-bond acceptors (Lipinski definition) is 2. The van der Waals surface area contributed by atoms with Crippen LogP contribution >= 0.6 is 15.9 Å². The Balaban J connectivity index is 1.68. The summed E-state index contributed by atoms with van der Waals surface area (Å²) in [6.45, 7) is 1.14. The molecular formula is C28H20BrF9N2O2. The number of hydrogen-bond donors (Lipinski definition) is 1. The predicted molar refractivity (Wildman–Crippen MR) is 139 cm³/mol. The van der Waals surface area contributed by atoms with Gasteiger partial charge in [-0.05, 0) is 89.6 Å². The van der Waals surface area contributed by atoms with E-state index in [1.165, 1.54) is 24.3 Å². The number of rotatable bonds is 7. The van der Waals surface area contributed by atoms with E-state index in [2.05, 4.69) is 21.2 Å². The molecule has 0 saturated heterocycles. The van der Waals surface area contributed by atoms with Crippen molar-refractivity contribution in [2.75, 3.05) is 16.8 Å². The van der Waals surface area contributed by atoms with Crippen LogP contribution in [0, 0.1) is 24.5 Å². The highest BCUT2D eigenvalue weighted by Gasteiger charge is 2.73. The van der Waals surface area contributed by atoms with E-state index in [1.807, 2.05) is 0 Å². The number of aryl methyl sites for hydroxylation is 1. The summed E-state index contributed by atoms with van der Waals surface area (Å²) in [5.41, 5.74) is -8.99. The lowest BCUT2D eigenvalue weighted by Gasteiger charge is -2.31. The standard InChI is InChI=1S/C28H20BrF9N2O2/c1-14-11-17(26(32,27(33,34)35)28(36,37)38)12-20(29)23(14)39-24(41)19-3-2-4-21(22(19)31)40(13-15-5-6-15)25(42)16-7-9-18(30)10-8-16/h2-4,7-12,15H,5-6,13H2,1H3,(H,39,41). The van der Waals surface area contributed by atoms with Gasteiger partial charge in [-0.2, -0.15) is 26.3 Å². The first-order chi connectivity index (χ1) is 19.5. The van der Waals surface area contributed by atoms with Crippen molar-refractivity contribution in [2.45, 2.75) is 37.8 Å². The molecule has 0 radical (unpaired) electrons. The van der Waals surface area contributed by atoms with Crippen LogP contribution in [0.25, 0.3) is 0 Å². The molecule has 1 saturated carbocycles. The Morgan fingerprint density at radius 2 is 1.52 bits per heavy atom. The van der Waals surface area contributed by atoms with Crippen molar-refractivity contribution in [1.82, 2.24) is 0 Å². The van der Waals surface area contributed by atoms with E-state index in [9.17, 15) is 44.7 Å². The van der Waals surface area contributed by atoms with Crippen LogP contribution in [0.5, 0.6) is 0 Å². The van der Waals surface area contributed by atoms with Gasteiger partial charge >= 0.3 is 18.0 Å². The quantitative estimate of drug-likeness (QED) is 0.257. The summed E-state index contributed by atoms with van der Waals surface area (Å²) in [6, 6.07) is 8.67. The molecule has 1 N–H and O–H groups in total. The molecule has 224 valence electrons. The minimum atomic E-state index is -6.34. The summed E-state index contributed by atoms with van der Waals surface area (Å²) in [7, 11) is 0. The van der Waals surface area contributed by atoms with Gasteiger partial charge in [0.25, 0.3) is 11.8 Å². The van der Waals surface area contributed by atoms with Crippen molar-refractivity contribution < 1.29 is 49.1 Å². The Morgan fingerprint density at radius 3 is 2.05 bits per heavy atom. The summed E-state index contributed by atoms with van der Waals surface area (Å²) in [6.07, 6.45) is -11.1. The SMILES string of the molecule is Cc1cc(C(F)(C(F)(F)F)C(F)(F)F)cc(Br)c1NC(=O)c1cccc(N(CC2CC2)C(=O)c2ccc(F)cc2)c1F. The summed E-state index contributed by atoms with van der Waals surface area (Å²) in [5, 5.41) is 2.22. The summed E-state index contributed by atoms with van der Waals surface area (Å²) in [5.74, 6) is -3.46. The maximum atomic E-state index is 15.7. The number of alkyl halides is 7. The van der Waals surface area contributed by atoms with Crippen LogP contribution in [0.15, 0.2) is 59.1 Å². The molecule has 1 aliphatic rings. The maximum Gasteiger partial charge on any atom is 0.435 e. The Hall–Kier alpha value is -3.55. The lowest BCUT2D eigenvalue weighted by atomic mass is 9.92. The third-order valence-corrected chi connectivity index (χ3v) is 7.32. The van der Waals surface area contributed by atoms with E-state index in [0.29, 0.717) is 0 Å². The lowest BCUT2D eigenvalue weighted by Crippen LogP contribution is -2.50. The number of halogens is 10. The monoisotopic (exact) mass is 666 g/mol. The van der Waals surface area contributed by atoms with Gasteiger partial charge in [0.1, 0.15) is 5.82 Å². The third-order valence-electron chi connectivity index (χ3n) is 6.69. The van der Waals surface area contributed by atoms with Gasteiger partial charge in [0.05, 0.1) is 16.9 Å². The van der Waals surface area contributed by atoms with Crippen LogP contribution in [-0.4, -0.2) is 30.7 Å². The van der Waals surface area contributed by atoms with Gasteiger partial charge in [0, 0.05) is 22.1 Å². The van der Waals surface area contributed by atoms with Crippen LogP contribution in [0.2, 0.25) is 0 Å². The lowest BCUT2D eigenvalue weighted by molar-refractivity contribution is -0.348. The van der Waals surface area contributed by atoms with Crippen molar-refractivity contribution in [3.63, 3.8) is 0 Å². The fourth-order valence-corrected chi connectivity index (χ4v) is 4.93. The number of nitrogens with one attached hydrogen (secondary N) is 1. The Labute approximate surface area is 241 Å². The second kappa shape index (κ2) is 11.3. The second-order valence-corrected chi connectivity index (χ2v) is 10.6. The number of benzene rings is 3. The van der Waals surface area contributed by atoms with Gasteiger partial charge in [0.15, 0.2) is 5.82 Å². The smallest absolute Gasteiger partial charge is 0.321 e. The molecule has 0 aliphatic heterocycles. The van der Waals surface area contributed by atoms with Crippen molar-refractivity contribution >= 4 is 39.1 Å². The highest BCUT2D eigenvalue weighted by molar-refractivity contribution is 9.10. The number of carbonyl (C=O) groups excluding carboxylic acids is 2. The number of carbonyl (C=O) groups is 2. The molecule has 4 nitrogen and oxygen atoms in total. The fraction of sp³-hybridized carbons (Fsp3) is 0.286. The Bertz CT molecular complexity index is 1480. The first kappa shape index (κ1) is 31.4. The molecule has 0 spiro atoms. The first-order valence-corrected chi connectivity index (χ1v) is 13.0. The van der Waals surface area contributed by atoms with Crippen molar-refractivity contribution in [3.8, 4) is 0 Å². The highest BCUT2D eigenvalue weighted by Crippen LogP contribution is 2.54. The first-order valence-electron chi connectivity index (χ1n) is 12.3. The van der Waals surface area contributed by atoms with Crippen LogP contribution in [0.3, 0.4) is 0 Å². The molecule has 0 aromatic heterocycles. The largest absolute Gasteiger partial charge is 0.435 e. The topological polar surface area (TPSA) is 49.4 Å². The average Bonchev–Trinajstić information content (AvgIpc) is 3.72. The molecule has 1 aliphatic carbocycles.